The minimum Gasteiger partial charge on any atom is -0.244 e. The fraction of sp³-hybridized carbons (Fsp3) is 0.583. The molecule has 106 valence electrons. The van der Waals surface area contributed by atoms with Crippen LogP contribution in [0, 0.1) is 0 Å². The van der Waals surface area contributed by atoms with E-state index in [0.717, 1.165) is 12.8 Å². The molecule has 1 N–H and O–H groups in total. The van der Waals surface area contributed by atoms with Crippen LogP contribution in [0.4, 0.5) is 0 Å². The molecule has 7 heteroatoms. The Morgan fingerprint density at radius 1 is 1.47 bits per heavy atom. The number of hydrogen-bond donors (Lipinski definition) is 1. The first-order valence-electron chi connectivity index (χ1n) is 6.14. The van der Waals surface area contributed by atoms with Crippen LogP contribution in [0.3, 0.4) is 0 Å². The topological polar surface area (TPSA) is 59.1 Å². The number of halogens is 1. The van der Waals surface area contributed by atoms with Crippen molar-refractivity contribution < 1.29 is 8.42 Å². The maximum atomic E-state index is 12.2. The van der Waals surface area contributed by atoms with Gasteiger partial charge in [0.25, 0.3) is 0 Å². The predicted octanol–water partition coefficient (Wildman–Crippen LogP) is 2.69. The van der Waals surface area contributed by atoms with Crippen LogP contribution in [-0.4, -0.2) is 30.9 Å². The first-order valence-corrected chi connectivity index (χ1v) is 9.22. The normalized spacial score (nSPS) is 18.6. The summed E-state index contributed by atoms with van der Waals surface area (Å²) in [4.78, 5) is 3.96. The predicted molar refractivity (Wildman–Crippen MR) is 79.1 cm³/mol. The number of aromatic nitrogens is 1. The molecule has 0 saturated heterocycles. The van der Waals surface area contributed by atoms with E-state index in [1.807, 2.05) is 6.26 Å². The summed E-state index contributed by atoms with van der Waals surface area (Å²) < 4.78 is 27.1. The Morgan fingerprint density at radius 3 is 2.74 bits per heavy atom. The van der Waals surface area contributed by atoms with Crippen molar-refractivity contribution in [1.29, 1.82) is 0 Å². The van der Waals surface area contributed by atoms with Crippen molar-refractivity contribution in [3.8, 4) is 0 Å². The maximum absolute atomic E-state index is 12.2. The number of sulfonamides is 1. The van der Waals surface area contributed by atoms with Gasteiger partial charge in [0.1, 0.15) is 5.15 Å². The fourth-order valence-electron chi connectivity index (χ4n) is 2.33. The SMILES string of the molecule is CSC1(CNS(=O)(=O)c2ccnc(Cl)c2)CCCC1. The zero-order valence-electron chi connectivity index (χ0n) is 10.7. The van der Waals surface area contributed by atoms with Crippen LogP contribution in [0.1, 0.15) is 25.7 Å². The van der Waals surface area contributed by atoms with E-state index in [2.05, 4.69) is 9.71 Å². The van der Waals surface area contributed by atoms with E-state index in [-0.39, 0.29) is 14.8 Å². The second-order valence-corrected chi connectivity index (χ2v) is 8.16. The lowest BCUT2D eigenvalue weighted by Crippen LogP contribution is -2.38. The number of pyridine rings is 1. The van der Waals surface area contributed by atoms with Gasteiger partial charge in [-0.1, -0.05) is 24.4 Å². The molecule has 1 saturated carbocycles. The first kappa shape index (κ1) is 15.1. The molecule has 19 heavy (non-hydrogen) atoms. The quantitative estimate of drug-likeness (QED) is 0.847. The average Bonchev–Trinajstić information content (AvgIpc) is 2.86. The Labute approximate surface area is 123 Å². The summed E-state index contributed by atoms with van der Waals surface area (Å²) in [5.74, 6) is 0. The molecule has 0 spiro atoms. The van der Waals surface area contributed by atoms with E-state index < -0.39 is 10.0 Å². The van der Waals surface area contributed by atoms with E-state index in [1.54, 1.807) is 11.8 Å². The number of rotatable bonds is 5. The molecule has 0 bridgehead atoms. The number of thioether (sulfide) groups is 1. The van der Waals surface area contributed by atoms with Crippen molar-refractivity contribution in [2.45, 2.75) is 35.3 Å². The highest BCUT2D eigenvalue weighted by Gasteiger charge is 2.34. The van der Waals surface area contributed by atoms with Crippen molar-refractivity contribution in [3.05, 3.63) is 23.5 Å². The van der Waals surface area contributed by atoms with E-state index in [0.29, 0.717) is 6.54 Å². The van der Waals surface area contributed by atoms with Gasteiger partial charge in [0.05, 0.1) is 4.90 Å². The molecule has 1 aliphatic rings. The van der Waals surface area contributed by atoms with E-state index in [9.17, 15) is 8.42 Å². The van der Waals surface area contributed by atoms with Crippen molar-refractivity contribution in [3.63, 3.8) is 0 Å². The van der Waals surface area contributed by atoms with Gasteiger partial charge in [0, 0.05) is 17.5 Å². The molecule has 0 aliphatic heterocycles. The van der Waals surface area contributed by atoms with Crippen LogP contribution in [0.2, 0.25) is 5.15 Å². The first-order chi connectivity index (χ1) is 8.97. The van der Waals surface area contributed by atoms with Crippen molar-refractivity contribution in [1.82, 2.24) is 9.71 Å². The van der Waals surface area contributed by atoms with Gasteiger partial charge in [-0.15, -0.1) is 0 Å². The highest BCUT2D eigenvalue weighted by molar-refractivity contribution is 8.00. The summed E-state index contributed by atoms with van der Waals surface area (Å²) in [5, 5.41) is 0.184. The molecule has 1 aromatic rings. The molecule has 0 radical (unpaired) electrons. The molecular weight excluding hydrogens is 304 g/mol. The lowest BCUT2D eigenvalue weighted by molar-refractivity contribution is 0.551. The second kappa shape index (κ2) is 5.99. The van der Waals surface area contributed by atoms with Gasteiger partial charge in [-0.2, -0.15) is 11.8 Å². The highest BCUT2D eigenvalue weighted by atomic mass is 35.5. The number of nitrogens with one attached hydrogen (secondary N) is 1. The third-order valence-electron chi connectivity index (χ3n) is 3.54. The van der Waals surface area contributed by atoms with Crippen LogP contribution in [0.25, 0.3) is 0 Å². The fourth-order valence-corrected chi connectivity index (χ4v) is 4.72. The molecule has 1 fully saturated rings. The molecule has 0 unspecified atom stereocenters. The van der Waals surface area contributed by atoms with Crippen molar-refractivity contribution in [2.24, 2.45) is 0 Å². The molecule has 0 aromatic carbocycles. The van der Waals surface area contributed by atoms with Crippen LogP contribution in [0.15, 0.2) is 23.2 Å². The van der Waals surface area contributed by atoms with Gasteiger partial charge < -0.3 is 0 Å². The lowest BCUT2D eigenvalue weighted by atomic mass is 10.1. The Kier molecular flexibility index (Phi) is 4.76. The zero-order valence-corrected chi connectivity index (χ0v) is 13.1. The van der Waals surface area contributed by atoms with Crippen LogP contribution in [0.5, 0.6) is 0 Å². The zero-order chi connectivity index (χ0) is 13.9. The van der Waals surface area contributed by atoms with E-state index in [4.69, 9.17) is 11.6 Å². The molecular formula is C12H17ClN2O2S2. The highest BCUT2D eigenvalue weighted by Crippen LogP contribution is 2.39. The number of nitrogens with zero attached hydrogens (tertiary/aromatic N) is 1. The van der Waals surface area contributed by atoms with Crippen LogP contribution < -0.4 is 4.72 Å². The Morgan fingerprint density at radius 2 is 2.16 bits per heavy atom. The monoisotopic (exact) mass is 320 g/mol. The molecule has 1 heterocycles. The Bertz CT molecular complexity index is 542. The summed E-state index contributed by atoms with van der Waals surface area (Å²) in [6, 6.07) is 2.82. The van der Waals surface area contributed by atoms with Crippen LogP contribution in [-0.2, 0) is 10.0 Å². The summed E-state index contributed by atoms with van der Waals surface area (Å²) in [7, 11) is -3.51. The van der Waals surface area contributed by atoms with Crippen molar-refractivity contribution in [2.75, 3.05) is 12.8 Å². The van der Waals surface area contributed by atoms with Crippen LogP contribution >= 0.6 is 23.4 Å². The summed E-state index contributed by atoms with van der Waals surface area (Å²) in [5.41, 5.74) is 0. The molecule has 0 atom stereocenters. The number of hydrogen-bond acceptors (Lipinski definition) is 4. The second-order valence-electron chi connectivity index (χ2n) is 4.73. The average molecular weight is 321 g/mol. The summed E-state index contributed by atoms with van der Waals surface area (Å²) in [6.07, 6.45) is 7.91. The maximum Gasteiger partial charge on any atom is 0.240 e. The minimum atomic E-state index is -3.51. The Balaban J connectivity index is 2.09. The molecule has 0 amide bonds. The van der Waals surface area contributed by atoms with Gasteiger partial charge >= 0.3 is 0 Å². The Hall–Kier alpha value is -0.300. The molecule has 1 aromatic heterocycles. The largest absolute Gasteiger partial charge is 0.244 e. The lowest BCUT2D eigenvalue weighted by Gasteiger charge is -2.26. The van der Waals surface area contributed by atoms with Crippen molar-refractivity contribution >= 4 is 33.4 Å². The van der Waals surface area contributed by atoms with Gasteiger partial charge in [0.15, 0.2) is 0 Å². The molecule has 1 aliphatic carbocycles. The van der Waals surface area contributed by atoms with E-state index in [1.165, 1.54) is 31.2 Å². The summed E-state index contributed by atoms with van der Waals surface area (Å²) >= 11 is 7.48. The third-order valence-corrected chi connectivity index (χ3v) is 6.56. The molecule has 4 nitrogen and oxygen atoms in total. The van der Waals surface area contributed by atoms with Gasteiger partial charge in [-0.3, -0.25) is 0 Å². The van der Waals surface area contributed by atoms with Gasteiger partial charge in [0.2, 0.25) is 10.0 Å². The van der Waals surface area contributed by atoms with E-state index >= 15 is 0 Å². The van der Waals surface area contributed by atoms with Gasteiger partial charge in [-0.05, 0) is 31.2 Å². The smallest absolute Gasteiger partial charge is 0.240 e. The third kappa shape index (κ3) is 3.62. The molecule has 2 rings (SSSR count). The minimum absolute atomic E-state index is 0.0455. The standard InChI is InChI=1S/C12H17ClN2O2S2/c1-18-12(5-2-3-6-12)9-15-19(16,17)10-4-7-14-11(13)8-10/h4,7-8,15H,2-3,5-6,9H2,1H3. The van der Waals surface area contributed by atoms with Gasteiger partial charge in [-0.25, -0.2) is 18.1 Å². The summed E-state index contributed by atoms with van der Waals surface area (Å²) in [6.45, 7) is 0.469.